The number of amides is 2. The largest absolute Gasteiger partial charge is 0.416 e. The molecule has 0 atom stereocenters. The molecule has 0 aliphatic heterocycles. The Bertz CT molecular complexity index is 1010. The van der Waals surface area contributed by atoms with E-state index >= 15 is 0 Å². The minimum Gasteiger partial charge on any atom is -0.334 e. The summed E-state index contributed by atoms with van der Waals surface area (Å²) in [7, 11) is 0. The molecular formula is C20H20F3N5O. The lowest BCUT2D eigenvalue weighted by Crippen LogP contribution is -2.28. The van der Waals surface area contributed by atoms with Crippen molar-refractivity contribution in [2.24, 2.45) is 0 Å². The molecule has 0 radical (unpaired) electrons. The van der Waals surface area contributed by atoms with Crippen LogP contribution in [0.5, 0.6) is 0 Å². The van der Waals surface area contributed by atoms with Crippen LogP contribution >= 0.6 is 0 Å². The molecule has 3 rings (SSSR count). The van der Waals surface area contributed by atoms with Crippen LogP contribution in [0.1, 0.15) is 28.3 Å². The number of alkyl halides is 3. The summed E-state index contributed by atoms with van der Waals surface area (Å²) in [4.78, 5) is 16.4. The minimum atomic E-state index is -4.42. The van der Waals surface area contributed by atoms with E-state index in [0.717, 1.165) is 23.5 Å². The molecule has 0 fully saturated rings. The Morgan fingerprint density at radius 1 is 1.07 bits per heavy atom. The molecule has 29 heavy (non-hydrogen) atoms. The van der Waals surface area contributed by atoms with Crippen molar-refractivity contribution in [1.29, 1.82) is 0 Å². The maximum absolute atomic E-state index is 12.8. The van der Waals surface area contributed by atoms with Crippen molar-refractivity contribution < 1.29 is 18.0 Å². The molecule has 9 heteroatoms. The zero-order valence-electron chi connectivity index (χ0n) is 15.9. The molecule has 0 unspecified atom stereocenters. The monoisotopic (exact) mass is 403 g/mol. The smallest absolute Gasteiger partial charge is 0.334 e. The summed E-state index contributed by atoms with van der Waals surface area (Å²) in [6.07, 6.45) is -4.42. The Hall–Kier alpha value is -3.36. The molecular weight excluding hydrogens is 383 g/mol. The van der Waals surface area contributed by atoms with Gasteiger partial charge in [-0.3, -0.25) is 0 Å². The molecule has 2 amide bonds. The number of carbonyl (C=O) groups is 1. The van der Waals surface area contributed by atoms with Crippen LogP contribution in [-0.2, 0) is 19.3 Å². The van der Waals surface area contributed by atoms with Crippen LogP contribution in [0.15, 0.2) is 48.5 Å². The van der Waals surface area contributed by atoms with E-state index in [4.69, 9.17) is 0 Å². The standard InChI is InChI=1S/C20H20F3N5O/c1-13-25-14(2)28(27-13)12-16-6-4-8-18(10-16)26-19(29)24-11-15-5-3-7-17(9-15)20(21,22)23/h3-10H,11-12H2,1-2H3,(H2,24,26,29). The fraction of sp³-hybridized carbons (Fsp3) is 0.250. The maximum atomic E-state index is 12.8. The first-order valence-corrected chi connectivity index (χ1v) is 8.89. The number of aryl methyl sites for hydroxylation is 2. The van der Waals surface area contributed by atoms with Crippen LogP contribution in [0.25, 0.3) is 0 Å². The van der Waals surface area contributed by atoms with Gasteiger partial charge < -0.3 is 10.6 Å². The van der Waals surface area contributed by atoms with E-state index in [2.05, 4.69) is 20.7 Å². The Morgan fingerprint density at radius 2 is 1.79 bits per heavy atom. The average Bonchev–Trinajstić information content (AvgIpc) is 2.97. The predicted octanol–water partition coefficient (Wildman–Crippen LogP) is 4.28. The van der Waals surface area contributed by atoms with Crippen molar-refractivity contribution in [1.82, 2.24) is 20.1 Å². The SMILES string of the molecule is Cc1nc(C)n(Cc2cccc(NC(=O)NCc3cccc(C(F)(F)F)c3)c2)n1. The molecule has 0 bridgehead atoms. The molecule has 0 aliphatic rings. The van der Waals surface area contributed by atoms with Crippen molar-refractivity contribution in [3.8, 4) is 0 Å². The van der Waals surface area contributed by atoms with Crippen LogP contribution in [0.4, 0.5) is 23.7 Å². The molecule has 152 valence electrons. The normalized spacial score (nSPS) is 11.3. The van der Waals surface area contributed by atoms with Crippen LogP contribution < -0.4 is 10.6 Å². The summed E-state index contributed by atoms with van der Waals surface area (Å²) < 4.78 is 40.1. The van der Waals surface area contributed by atoms with Gasteiger partial charge in [0.15, 0.2) is 0 Å². The Kier molecular flexibility index (Phi) is 5.86. The lowest BCUT2D eigenvalue weighted by Gasteiger charge is -2.11. The summed E-state index contributed by atoms with van der Waals surface area (Å²) in [5.74, 6) is 1.48. The van der Waals surface area contributed by atoms with Gasteiger partial charge >= 0.3 is 12.2 Å². The van der Waals surface area contributed by atoms with E-state index in [0.29, 0.717) is 23.6 Å². The van der Waals surface area contributed by atoms with Gasteiger partial charge in [0.25, 0.3) is 0 Å². The van der Waals surface area contributed by atoms with Gasteiger partial charge in [-0.15, -0.1) is 0 Å². The highest BCUT2D eigenvalue weighted by atomic mass is 19.4. The second-order valence-electron chi connectivity index (χ2n) is 6.57. The highest BCUT2D eigenvalue weighted by Crippen LogP contribution is 2.29. The van der Waals surface area contributed by atoms with Gasteiger partial charge in [-0.1, -0.05) is 24.3 Å². The highest BCUT2D eigenvalue weighted by molar-refractivity contribution is 5.89. The number of carbonyl (C=O) groups excluding carboxylic acids is 1. The van der Waals surface area contributed by atoms with E-state index in [-0.39, 0.29) is 6.54 Å². The maximum Gasteiger partial charge on any atom is 0.416 e. The van der Waals surface area contributed by atoms with Crippen molar-refractivity contribution in [3.05, 3.63) is 76.9 Å². The van der Waals surface area contributed by atoms with Gasteiger partial charge in [-0.2, -0.15) is 18.3 Å². The van der Waals surface area contributed by atoms with Gasteiger partial charge in [-0.05, 0) is 49.2 Å². The van der Waals surface area contributed by atoms with Crippen LogP contribution in [-0.4, -0.2) is 20.8 Å². The number of halogens is 3. The highest BCUT2D eigenvalue weighted by Gasteiger charge is 2.30. The molecule has 1 aromatic heterocycles. The zero-order valence-corrected chi connectivity index (χ0v) is 15.9. The third kappa shape index (κ3) is 5.56. The van der Waals surface area contributed by atoms with Crippen LogP contribution in [0.3, 0.4) is 0 Å². The number of hydrogen-bond acceptors (Lipinski definition) is 3. The summed E-state index contributed by atoms with van der Waals surface area (Å²) in [6.45, 7) is 4.17. The van der Waals surface area contributed by atoms with Gasteiger partial charge in [0.1, 0.15) is 11.6 Å². The second-order valence-corrected chi connectivity index (χ2v) is 6.57. The molecule has 1 heterocycles. The van der Waals surface area contributed by atoms with Crippen LogP contribution in [0.2, 0.25) is 0 Å². The van der Waals surface area contributed by atoms with Crippen LogP contribution in [0, 0.1) is 13.8 Å². The third-order valence-corrected chi connectivity index (χ3v) is 4.19. The quantitative estimate of drug-likeness (QED) is 0.668. The second kappa shape index (κ2) is 8.34. The Labute approximate surface area is 165 Å². The first-order chi connectivity index (χ1) is 13.7. The van der Waals surface area contributed by atoms with Crippen molar-refractivity contribution in [2.75, 3.05) is 5.32 Å². The number of hydrogen-bond donors (Lipinski definition) is 2. The topological polar surface area (TPSA) is 71.8 Å². The number of rotatable bonds is 5. The van der Waals surface area contributed by atoms with Crippen molar-refractivity contribution >= 4 is 11.7 Å². The van der Waals surface area contributed by atoms with Crippen molar-refractivity contribution in [3.63, 3.8) is 0 Å². The predicted molar refractivity (Wildman–Crippen MR) is 102 cm³/mol. The average molecular weight is 403 g/mol. The number of urea groups is 1. The molecule has 0 spiro atoms. The number of nitrogens with one attached hydrogen (secondary N) is 2. The number of aromatic nitrogens is 3. The summed E-state index contributed by atoms with van der Waals surface area (Å²) in [6, 6.07) is 11.6. The fourth-order valence-corrected chi connectivity index (χ4v) is 2.85. The lowest BCUT2D eigenvalue weighted by molar-refractivity contribution is -0.137. The Morgan fingerprint density at radius 3 is 2.48 bits per heavy atom. The van der Waals surface area contributed by atoms with E-state index in [1.54, 1.807) is 22.9 Å². The van der Waals surface area contributed by atoms with Crippen molar-refractivity contribution in [2.45, 2.75) is 33.1 Å². The Balaban J connectivity index is 1.59. The van der Waals surface area contributed by atoms with E-state index < -0.39 is 17.8 Å². The molecule has 6 nitrogen and oxygen atoms in total. The van der Waals surface area contributed by atoms with E-state index in [9.17, 15) is 18.0 Å². The number of anilines is 1. The first kappa shape index (κ1) is 20.4. The minimum absolute atomic E-state index is 0.0210. The molecule has 0 saturated heterocycles. The van der Waals surface area contributed by atoms with Gasteiger partial charge in [-0.25, -0.2) is 14.5 Å². The lowest BCUT2D eigenvalue weighted by atomic mass is 10.1. The van der Waals surface area contributed by atoms with Gasteiger partial charge in [0.05, 0.1) is 12.1 Å². The molecule has 2 N–H and O–H groups in total. The fourth-order valence-electron chi connectivity index (χ4n) is 2.85. The molecule has 0 aliphatic carbocycles. The van der Waals surface area contributed by atoms with E-state index in [1.807, 2.05) is 19.9 Å². The van der Waals surface area contributed by atoms with E-state index in [1.165, 1.54) is 12.1 Å². The summed E-state index contributed by atoms with van der Waals surface area (Å²) >= 11 is 0. The number of nitrogens with zero attached hydrogens (tertiary/aromatic N) is 3. The zero-order chi connectivity index (χ0) is 21.0. The van der Waals surface area contributed by atoms with Gasteiger partial charge in [0, 0.05) is 12.2 Å². The molecule has 0 saturated carbocycles. The molecule has 2 aromatic carbocycles. The number of benzene rings is 2. The first-order valence-electron chi connectivity index (χ1n) is 8.89. The molecule has 3 aromatic rings. The third-order valence-electron chi connectivity index (χ3n) is 4.19. The van der Waals surface area contributed by atoms with Gasteiger partial charge in [0.2, 0.25) is 0 Å². The summed E-state index contributed by atoms with van der Waals surface area (Å²) in [5, 5.41) is 9.56. The summed E-state index contributed by atoms with van der Waals surface area (Å²) in [5.41, 5.74) is 1.11.